The van der Waals surface area contributed by atoms with Crippen molar-refractivity contribution in [3.05, 3.63) is 23.6 Å². The highest BCUT2D eigenvalue weighted by molar-refractivity contribution is 8.02. The SMILES string of the molecule is C1=C\SC2CC(\C=C/1)C2. The third kappa shape index (κ3) is 1.06. The van der Waals surface area contributed by atoms with Crippen molar-refractivity contribution in [1.82, 2.24) is 0 Å². The van der Waals surface area contributed by atoms with Gasteiger partial charge in [-0.05, 0) is 24.2 Å². The molecule has 0 N–H and O–H groups in total. The predicted molar refractivity (Wildman–Crippen MR) is 42.4 cm³/mol. The van der Waals surface area contributed by atoms with Gasteiger partial charge in [0.15, 0.2) is 0 Å². The first-order valence-corrected chi connectivity index (χ1v) is 4.38. The zero-order valence-electron chi connectivity index (χ0n) is 5.29. The van der Waals surface area contributed by atoms with E-state index >= 15 is 0 Å². The van der Waals surface area contributed by atoms with Crippen LogP contribution in [-0.2, 0) is 0 Å². The molecule has 0 radical (unpaired) electrons. The summed E-state index contributed by atoms with van der Waals surface area (Å²) < 4.78 is 0. The second-order valence-corrected chi connectivity index (χ2v) is 3.91. The summed E-state index contributed by atoms with van der Waals surface area (Å²) in [6.45, 7) is 0. The van der Waals surface area contributed by atoms with Crippen LogP contribution in [0.2, 0.25) is 0 Å². The van der Waals surface area contributed by atoms with Gasteiger partial charge in [-0.25, -0.2) is 0 Å². The molecule has 2 aliphatic heterocycles. The molecule has 2 bridgehead atoms. The first kappa shape index (κ1) is 5.60. The average Bonchev–Trinajstić information content (AvgIpc) is 1.54. The molecule has 1 heteroatoms. The molecule has 0 nitrogen and oxygen atoms in total. The lowest BCUT2D eigenvalue weighted by molar-refractivity contribution is 0.403. The summed E-state index contributed by atoms with van der Waals surface area (Å²) in [5.74, 6) is 0.910. The number of hydrogen-bond donors (Lipinski definition) is 0. The zero-order chi connectivity index (χ0) is 6.10. The Balaban J connectivity index is 2.09. The van der Waals surface area contributed by atoms with Crippen molar-refractivity contribution < 1.29 is 0 Å². The minimum Gasteiger partial charge on any atom is -0.131 e. The predicted octanol–water partition coefficient (Wildman–Crippen LogP) is 2.58. The van der Waals surface area contributed by atoms with Crippen molar-refractivity contribution in [2.75, 3.05) is 0 Å². The Morgan fingerprint density at radius 1 is 1.22 bits per heavy atom. The Morgan fingerprint density at radius 2 is 2.11 bits per heavy atom. The van der Waals surface area contributed by atoms with E-state index in [-0.39, 0.29) is 0 Å². The van der Waals surface area contributed by atoms with Gasteiger partial charge in [0, 0.05) is 5.25 Å². The van der Waals surface area contributed by atoms with E-state index in [1.165, 1.54) is 12.8 Å². The minimum absolute atomic E-state index is 0.910. The van der Waals surface area contributed by atoms with Gasteiger partial charge in [0.2, 0.25) is 0 Å². The molecule has 1 aliphatic carbocycles. The van der Waals surface area contributed by atoms with Gasteiger partial charge in [-0.2, -0.15) is 0 Å². The second-order valence-electron chi connectivity index (χ2n) is 2.70. The molecule has 1 saturated carbocycles. The highest BCUT2D eigenvalue weighted by atomic mass is 32.2. The Morgan fingerprint density at radius 3 is 3.00 bits per heavy atom. The average molecular weight is 138 g/mol. The summed E-state index contributed by atoms with van der Waals surface area (Å²) in [7, 11) is 0. The first-order valence-electron chi connectivity index (χ1n) is 3.44. The lowest BCUT2D eigenvalue weighted by atomic mass is 9.84. The third-order valence-corrected chi connectivity index (χ3v) is 3.06. The van der Waals surface area contributed by atoms with E-state index in [1.54, 1.807) is 0 Å². The molecule has 0 amide bonds. The number of allylic oxidation sites excluding steroid dienone is 3. The van der Waals surface area contributed by atoms with Crippen molar-refractivity contribution in [2.45, 2.75) is 18.1 Å². The van der Waals surface area contributed by atoms with Gasteiger partial charge in [0.25, 0.3) is 0 Å². The van der Waals surface area contributed by atoms with E-state index in [4.69, 9.17) is 0 Å². The van der Waals surface area contributed by atoms with Crippen molar-refractivity contribution in [1.29, 1.82) is 0 Å². The van der Waals surface area contributed by atoms with Crippen LogP contribution in [-0.4, -0.2) is 5.25 Å². The van der Waals surface area contributed by atoms with Crippen LogP contribution in [0.15, 0.2) is 23.6 Å². The fourth-order valence-corrected chi connectivity index (χ4v) is 2.42. The Labute approximate surface area is 60.0 Å². The van der Waals surface area contributed by atoms with Gasteiger partial charge >= 0.3 is 0 Å². The monoisotopic (exact) mass is 138 g/mol. The van der Waals surface area contributed by atoms with Crippen LogP contribution in [0.25, 0.3) is 0 Å². The summed E-state index contributed by atoms with van der Waals surface area (Å²) in [6.07, 6.45) is 9.46. The molecule has 2 heterocycles. The van der Waals surface area contributed by atoms with E-state index in [1.807, 2.05) is 11.8 Å². The lowest BCUT2D eigenvalue weighted by Crippen LogP contribution is -2.24. The summed E-state index contributed by atoms with van der Waals surface area (Å²) in [4.78, 5) is 0. The maximum Gasteiger partial charge on any atom is 0.00996 e. The zero-order valence-corrected chi connectivity index (χ0v) is 6.10. The number of thioether (sulfide) groups is 1. The van der Waals surface area contributed by atoms with E-state index in [0.29, 0.717) is 0 Å². The molecular weight excluding hydrogens is 128 g/mol. The normalized spacial score (nSPS) is 46.2. The van der Waals surface area contributed by atoms with Crippen LogP contribution < -0.4 is 0 Å². The molecule has 48 valence electrons. The van der Waals surface area contributed by atoms with Crippen molar-refractivity contribution in [3.63, 3.8) is 0 Å². The molecule has 3 rings (SSSR count). The van der Waals surface area contributed by atoms with Crippen molar-refractivity contribution in [3.8, 4) is 0 Å². The largest absolute Gasteiger partial charge is 0.131 e. The molecular formula is C8H10S. The summed E-state index contributed by atoms with van der Waals surface area (Å²) in [5, 5.41) is 3.15. The van der Waals surface area contributed by atoms with E-state index in [9.17, 15) is 0 Å². The fraction of sp³-hybridized carbons (Fsp3) is 0.500. The molecule has 0 aromatic heterocycles. The number of hydrogen-bond acceptors (Lipinski definition) is 1. The number of rotatable bonds is 0. The molecule has 9 heavy (non-hydrogen) atoms. The topological polar surface area (TPSA) is 0 Å². The minimum atomic E-state index is 0.910. The Kier molecular flexibility index (Phi) is 1.38. The van der Waals surface area contributed by atoms with E-state index in [2.05, 4.69) is 23.6 Å². The van der Waals surface area contributed by atoms with Gasteiger partial charge in [-0.3, -0.25) is 0 Å². The standard InChI is InChI=1S/C8H10S/c1-2-4-9-8-5-7(3-1)6-8/h1-4,7-8H,5-6H2/b3-1-,4-2-. The highest BCUT2D eigenvalue weighted by Crippen LogP contribution is 2.39. The van der Waals surface area contributed by atoms with Gasteiger partial charge < -0.3 is 0 Å². The molecule has 0 aromatic rings. The van der Waals surface area contributed by atoms with Crippen molar-refractivity contribution >= 4 is 11.8 Å². The molecule has 0 unspecified atom stereocenters. The van der Waals surface area contributed by atoms with Crippen LogP contribution in [0.4, 0.5) is 0 Å². The molecule has 3 aliphatic rings. The summed E-state index contributed by atoms with van der Waals surface area (Å²) in [6, 6.07) is 0. The number of fused-ring (bicyclic) bond motifs is 2. The highest BCUT2D eigenvalue weighted by Gasteiger charge is 2.26. The maximum absolute atomic E-state index is 2.33. The first-order chi connectivity index (χ1) is 4.45. The smallest absolute Gasteiger partial charge is 0.00996 e. The fourth-order valence-electron chi connectivity index (χ4n) is 1.30. The maximum atomic E-state index is 2.33. The molecule has 0 aromatic carbocycles. The summed E-state index contributed by atoms with van der Waals surface area (Å²) >= 11 is 1.99. The van der Waals surface area contributed by atoms with Gasteiger partial charge in [0.1, 0.15) is 0 Å². The van der Waals surface area contributed by atoms with Crippen LogP contribution in [0.3, 0.4) is 0 Å². The Hall–Kier alpha value is -0.170. The second kappa shape index (κ2) is 2.22. The molecule has 0 saturated heterocycles. The summed E-state index contributed by atoms with van der Waals surface area (Å²) in [5.41, 5.74) is 0. The van der Waals surface area contributed by atoms with E-state index in [0.717, 1.165) is 11.2 Å². The van der Waals surface area contributed by atoms with Crippen LogP contribution in [0.5, 0.6) is 0 Å². The van der Waals surface area contributed by atoms with Gasteiger partial charge in [-0.1, -0.05) is 18.2 Å². The molecule has 0 atom stereocenters. The van der Waals surface area contributed by atoms with Crippen molar-refractivity contribution in [2.24, 2.45) is 5.92 Å². The Bertz CT molecular complexity index is 152. The lowest BCUT2D eigenvalue weighted by Gasteiger charge is -2.32. The van der Waals surface area contributed by atoms with Crippen LogP contribution >= 0.6 is 11.8 Å². The van der Waals surface area contributed by atoms with E-state index < -0.39 is 0 Å². The van der Waals surface area contributed by atoms with Crippen LogP contribution in [0, 0.1) is 5.92 Å². The quantitative estimate of drug-likeness (QED) is 0.496. The van der Waals surface area contributed by atoms with Gasteiger partial charge in [0.05, 0.1) is 0 Å². The van der Waals surface area contributed by atoms with Gasteiger partial charge in [-0.15, -0.1) is 11.8 Å². The van der Waals surface area contributed by atoms with Crippen LogP contribution in [0.1, 0.15) is 12.8 Å². The molecule has 1 fully saturated rings. The molecule has 0 spiro atoms. The third-order valence-electron chi connectivity index (χ3n) is 1.98.